The standard InChI is InChI=1S/3C3H6O3.C2H6O/c3*1-2(4)3(5)6;1-2-3/h3*2,4H,1H3,(H,5,6);3H,2H2,1H3. The molecule has 21 heavy (non-hydrogen) atoms. The Kier molecular flexibility index (Phi) is 24.0. The summed E-state index contributed by atoms with van der Waals surface area (Å²) in [6.07, 6.45) is -3.69. The van der Waals surface area contributed by atoms with Gasteiger partial charge in [0.2, 0.25) is 0 Å². The van der Waals surface area contributed by atoms with Crippen molar-refractivity contribution in [1.82, 2.24) is 0 Å². The average molecular weight is 316 g/mol. The van der Waals surface area contributed by atoms with Crippen molar-refractivity contribution in [3.63, 3.8) is 0 Å². The van der Waals surface area contributed by atoms with Crippen LogP contribution < -0.4 is 0 Å². The molecule has 0 radical (unpaired) electrons. The normalized spacial score (nSPS) is 12.6. The summed E-state index contributed by atoms with van der Waals surface area (Å²) in [7, 11) is 0. The second-order valence-corrected chi connectivity index (χ2v) is 3.36. The van der Waals surface area contributed by atoms with Crippen LogP contribution in [0, 0.1) is 0 Å². The van der Waals surface area contributed by atoms with Crippen molar-refractivity contribution < 1.29 is 50.1 Å². The molecule has 10 heteroatoms. The van der Waals surface area contributed by atoms with E-state index in [0.717, 1.165) is 0 Å². The van der Waals surface area contributed by atoms with Gasteiger partial charge in [0, 0.05) is 6.61 Å². The lowest BCUT2D eigenvalue weighted by Gasteiger charge is -1.89. The van der Waals surface area contributed by atoms with Crippen LogP contribution in [-0.2, 0) is 14.4 Å². The Morgan fingerprint density at radius 1 is 0.714 bits per heavy atom. The summed E-state index contributed by atoms with van der Waals surface area (Å²) in [5, 5.41) is 54.9. The van der Waals surface area contributed by atoms with Crippen LogP contribution in [0.1, 0.15) is 27.7 Å². The number of aliphatic hydroxyl groups is 4. The van der Waals surface area contributed by atoms with E-state index in [2.05, 4.69) is 0 Å². The smallest absolute Gasteiger partial charge is 0.332 e. The van der Waals surface area contributed by atoms with Gasteiger partial charge in [-0.15, -0.1) is 0 Å². The number of carboxylic acid groups (broad SMARTS) is 3. The van der Waals surface area contributed by atoms with E-state index in [9.17, 15) is 14.4 Å². The van der Waals surface area contributed by atoms with Crippen LogP contribution in [0.15, 0.2) is 0 Å². The molecule has 0 bridgehead atoms. The highest BCUT2D eigenvalue weighted by Crippen LogP contribution is 1.74. The third-order valence-corrected chi connectivity index (χ3v) is 1.07. The van der Waals surface area contributed by atoms with Gasteiger partial charge in [0.15, 0.2) is 0 Å². The predicted octanol–water partition coefficient (Wildman–Crippen LogP) is -1.65. The Morgan fingerprint density at radius 3 is 0.762 bits per heavy atom. The van der Waals surface area contributed by atoms with E-state index < -0.39 is 36.2 Å². The van der Waals surface area contributed by atoms with E-state index in [0.29, 0.717) is 0 Å². The molecule has 0 amide bonds. The van der Waals surface area contributed by atoms with Gasteiger partial charge in [-0.2, -0.15) is 0 Å². The second kappa shape index (κ2) is 18.2. The minimum atomic E-state index is -1.23. The molecule has 0 saturated heterocycles. The molecule has 128 valence electrons. The number of aliphatic carboxylic acids is 3. The molecule has 0 spiro atoms. The van der Waals surface area contributed by atoms with Gasteiger partial charge in [0.1, 0.15) is 18.3 Å². The van der Waals surface area contributed by atoms with Crippen LogP contribution in [-0.4, -0.2) is 78.6 Å². The van der Waals surface area contributed by atoms with Gasteiger partial charge in [-0.1, -0.05) is 0 Å². The van der Waals surface area contributed by atoms with Crippen molar-refractivity contribution in [3.05, 3.63) is 0 Å². The van der Waals surface area contributed by atoms with Gasteiger partial charge < -0.3 is 35.7 Å². The summed E-state index contributed by atoms with van der Waals surface area (Å²) in [4.78, 5) is 28.3. The zero-order valence-corrected chi connectivity index (χ0v) is 12.3. The topological polar surface area (TPSA) is 193 Å². The second-order valence-electron chi connectivity index (χ2n) is 3.36. The van der Waals surface area contributed by atoms with Crippen LogP contribution in [0.3, 0.4) is 0 Å². The van der Waals surface area contributed by atoms with Gasteiger partial charge >= 0.3 is 17.9 Å². The van der Waals surface area contributed by atoms with E-state index in [4.69, 9.17) is 35.7 Å². The molecular weight excluding hydrogens is 292 g/mol. The Hall–Kier alpha value is -1.75. The molecule has 10 nitrogen and oxygen atoms in total. The molecule has 0 fully saturated rings. The highest BCUT2D eigenvalue weighted by Gasteiger charge is 2.02. The van der Waals surface area contributed by atoms with Crippen molar-refractivity contribution in [2.24, 2.45) is 0 Å². The Balaban J connectivity index is -0.0000000944. The molecule has 0 aromatic rings. The van der Waals surface area contributed by atoms with Crippen LogP contribution >= 0.6 is 0 Å². The van der Waals surface area contributed by atoms with E-state index in [-0.39, 0.29) is 6.61 Å². The third kappa shape index (κ3) is 45.9. The Morgan fingerprint density at radius 2 is 0.762 bits per heavy atom. The van der Waals surface area contributed by atoms with E-state index in [1.165, 1.54) is 20.8 Å². The first-order chi connectivity index (χ1) is 9.34. The van der Waals surface area contributed by atoms with E-state index in [1.54, 1.807) is 6.92 Å². The van der Waals surface area contributed by atoms with Gasteiger partial charge in [-0.3, -0.25) is 0 Å². The first kappa shape index (κ1) is 27.6. The van der Waals surface area contributed by atoms with Crippen LogP contribution in [0.4, 0.5) is 0 Å². The molecule has 0 saturated carbocycles. The molecule has 3 unspecified atom stereocenters. The molecule has 0 heterocycles. The van der Waals surface area contributed by atoms with Crippen molar-refractivity contribution >= 4 is 17.9 Å². The maximum absolute atomic E-state index is 9.45. The molecule has 0 aliphatic rings. The molecule has 7 N–H and O–H groups in total. The van der Waals surface area contributed by atoms with Crippen LogP contribution in [0.2, 0.25) is 0 Å². The number of carboxylic acids is 3. The summed E-state index contributed by atoms with van der Waals surface area (Å²) in [6.45, 7) is 5.52. The van der Waals surface area contributed by atoms with Crippen LogP contribution in [0.25, 0.3) is 0 Å². The van der Waals surface area contributed by atoms with Gasteiger partial charge in [0.25, 0.3) is 0 Å². The van der Waals surface area contributed by atoms with Gasteiger partial charge in [-0.05, 0) is 27.7 Å². The lowest BCUT2D eigenvalue weighted by atomic mass is 10.4. The van der Waals surface area contributed by atoms with Crippen molar-refractivity contribution in [2.75, 3.05) is 6.61 Å². The lowest BCUT2D eigenvalue weighted by molar-refractivity contribution is -0.146. The fourth-order valence-corrected chi connectivity index (χ4v) is 0. The molecular formula is C11H24O10. The number of hydrogen-bond donors (Lipinski definition) is 7. The first-order valence-corrected chi connectivity index (χ1v) is 5.68. The van der Waals surface area contributed by atoms with Crippen molar-refractivity contribution in [3.8, 4) is 0 Å². The molecule has 0 aromatic heterocycles. The summed E-state index contributed by atoms with van der Waals surface area (Å²) in [5.41, 5.74) is 0. The largest absolute Gasteiger partial charge is 0.479 e. The highest BCUT2D eigenvalue weighted by molar-refractivity contribution is 5.71. The molecule has 0 aliphatic carbocycles. The summed E-state index contributed by atoms with van der Waals surface area (Å²) < 4.78 is 0. The number of carbonyl (C=O) groups is 3. The Labute approximate surface area is 121 Å². The van der Waals surface area contributed by atoms with Crippen molar-refractivity contribution in [2.45, 2.75) is 46.0 Å². The number of rotatable bonds is 3. The minimum Gasteiger partial charge on any atom is -0.479 e. The zero-order valence-electron chi connectivity index (χ0n) is 12.3. The fraction of sp³-hybridized carbons (Fsp3) is 0.727. The highest BCUT2D eigenvalue weighted by atomic mass is 16.4. The van der Waals surface area contributed by atoms with Crippen LogP contribution in [0.5, 0.6) is 0 Å². The minimum absolute atomic E-state index is 0.250. The third-order valence-electron chi connectivity index (χ3n) is 1.07. The predicted molar refractivity (Wildman–Crippen MR) is 70.7 cm³/mol. The fourth-order valence-electron chi connectivity index (χ4n) is 0. The van der Waals surface area contributed by atoms with E-state index in [1.807, 2.05) is 0 Å². The summed E-state index contributed by atoms with van der Waals surface area (Å²) in [5.74, 6) is -3.56. The molecule has 0 rings (SSSR count). The first-order valence-electron chi connectivity index (χ1n) is 5.68. The number of hydrogen-bond acceptors (Lipinski definition) is 7. The van der Waals surface area contributed by atoms with Crippen molar-refractivity contribution in [1.29, 1.82) is 0 Å². The average Bonchev–Trinajstić information content (AvgIpc) is 2.30. The molecule has 0 aliphatic heterocycles. The molecule has 0 aromatic carbocycles. The SMILES string of the molecule is CC(O)C(=O)O.CC(O)C(=O)O.CC(O)C(=O)O.CCO. The number of aliphatic hydroxyl groups excluding tert-OH is 4. The maximum Gasteiger partial charge on any atom is 0.332 e. The summed E-state index contributed by atoms with van der Waals surface area (Å²) >= 11 is 0. The van der Waals surface area contributed by atoms with E-state index >= 15 is 0 Å². The summed E-state index contributed by atoms with van der Waals surface area (Å²) in [6, 6.07) is 0. The Bertz CT molecular complexity index is 229. The zero-order chi connectivity index (χ0) is 18.2. The van der Waals surface area contributed by atoms with Gasteiger partial charge in [0.05, 0.1) is 0 Å². The monoisotopic (exact) mass is 316 g/mol. The quantitative estimate of drug-likeness (QED) is 0.317. The maximum atomic E-state index is 9.45. The lowest BCUT2D eigenvalue weighted by Crippen LogP contribution is -2.13. The molecule has 3 atom stereocenters. The van der Waals surface area contributed by atoms with Gasteiger partial charge in [-0.25, -0.2) is 14.4 Å².